The van der Waals surface area contributed by atoms with E-state index in [1.54, 1.807) is 6.08 Å². The van der Waals surface area contributed by atoms with Gasteiger partial charge in [-0.2, -0.15) is 0 Å². The minimum atomic E-state index is -2.70. The molecule has 0 radical (unpaired) electrons. The number of phenolic OH excluding ortho intramolecular Hbond substituents is 1. The average Bonchev–Trinajstić information content (AvgIpc) is 3.42. The first-order valence-electron chi connectivity index (χ1n) is 14.6. The molecule has 1 saturated carbocycles. The van der Waals surface area contributed by atoms with E-state index in [4.69, 9.17) is 39.5 Å². The lowest BCUT2D eigenvalue weighted by molar-refractivity contribution is -0.125. The number of alkyl halides is 2. The fourth-order valence-electron chi connectivity index (χ4n) is 7.66. The van der Waals surface area contributed by atoms with Crippen molar-refractivity contribution in [2.75, 3.05) is 16.9 Å². The summed E-state index contributed by atoms with van der Waals surface area (Å²) >= 11 is 20.2. The molecule has 3 aromatic carbocycles. The molecular formula is C33H20Cl3F5N2O6. The molecule has 4 aliphatic rings. The zero-order chi connectivity index (χ0) is 35.5. The quantitative estimate of drug-likeness (QED) is 0.0817. The number of amides is 4. The average molecular weight is 742 g/mol. The molecule has 2 saturated heterocycles. The number of ether oxygens (including phenoxy) is 1. The number of phenols is 1. The van der Waals surface area contributed by atoms with Crippen molar-refractivity contribution in [3.8, 4) is 11.5 Å². The molecule has 2 heterocycles. The lowest BCUT2D eigenvalue weighted by Crippen LogP contribution is -2.60. The Morgan fingerprint density at radius 1 is 0.816 bits per heavy atom. The molecule has 0 bridgehead atoms. The van der Waals surface area contributed by atoms with Crippen molar-refractivity contribution in [1.29, 1.82) is 0 Å². The summed E-state index contributed by atoms with van der Waals surface area (Å²) in [7, 11) is 1.22. The standard InChI is InChI=1S/C33H20Cl3F5N2O6/c1-49-19-10-12(2-9-18(19)44)21-15-7-8-16-20(29(46)42(28(16)45)14-5-3-13(34)4-6-14)17(15)11-32(35)30(47)43(31(48)33(21,32)36)27-25(40)23(38)22(37)24(39)26(27)41/h2-7,9-10,16-17,20-21,44H,8,11H2,1H3. The Balaban J connectivity index is 1.44. The number of rotatable bonds is 4. The topological polar surface area (TPSA) is 104 Å². The van der Waals surface area contributed by atoms with Crippen molar-refractivity contribution in [2.45, 2.75) is 28.5 Å². The van der Waals surface area contributed by atoms with Crippen LogP contribution < -0.4 is 14.5 Å². The van der Waals surface area contributed by atoms with Crippen molar-refractivity contribution in [3.63, 3.8) is 0 Å². The van der Waals surface area contributed by atoms with E-state index < -0.39 is 98.2 Å². The predicted molar refractivity (Wildman–Crippen MR) is 165 cm³/mol. The third kappa shape index (κ3) is 4.27. The highest BCUT2D eigenvalue weighted by Gasteiger charge is 2.77. The van der Waals surface area contributed by atoms with Gasteiger partial charge in [0.1, 0.15) is 5.69 Å². The number of halogens is 8. The number of aromatic hydroxyl groups is 1. The van der Waals surface area contributed by atoms with Gasteiger partial charge in [-0.1, -0.05) is 29.3 Å². The maximum Gasteiger partial charge on any atom is 0.258 e. The smallest absolute Gasteiger partial charge is 0.258 e. The summed E-state index contributed by atoms with van der Waals surface area (Å²) in [5, 5.41) is 10.7. The highest BCUT2D eigenvalue weighted by molar-refractivity contribution is 6.58. The van der Waals surface area contributed by atoms with Crippen molar-refractivity contribution in [2.24, 2.45) is 17.8 Å². The molecule has 49 heavy (non-hydrogen) atoms. The monoisotopic (exact) mass is 740 g/mol. The number of benzene rings is 3. The van der Waals surface area contributed by atoms with Crippen LogP contribution >= 0.6 is 34.8 Å². The fraction of sp³-hybridized carbons (Fsp3) is 0.273. The Labute approximate surface area is 288 Å². The number of hydrogen-bond acceptors (Lipinski definition) is 6. The highest BCUT2D eigenvalue weighted by atomic mass is 35.5. The van der Waals surface area contributed by atoms with Crippen LogP contribution in [-0.2, 0) is 19.2 Å². The van der Waals surface area contributed by atoms with Gasteiger partial charge in [-0.25, -0.2) is 26.9 Å². The number of methoxy groups -OCH3 is 1. The molecular weight excluding hydrogens is 722 g/mol. The number of imide groups is 2. The van der Waals surface area contributed by atoms with E-state index in [1.165, 1.54) is 49.6 Å². The van der Waals surface area contributed by atoms with Gasteiger partial charge in [0.15, 0.2) is 44.5 Å². The molecule has 6 unspecified atom stereocenters. The van der Waals surface area contributed by atoms with Gasteiger partial charge in [-0.3, -0.25) is 24.1 Å². The Morgan fingerprint density at radius 3 is 2.04 bits per heavy atom. The Bertz CT molecular complexity index is 2040. The zero-order valence-corrected chi connectivity index (χ0v) is 27.0. The predicted octanol–water partition coefficient (Wildman–Crippen LogP) is 6.52. The minimum Gasteiger partial charge on any atom is -0.504 e. The second-order valence-electron chi connectivity index (χ2n) is 12.1. The van der Waals surface area contributed by atoms with E-state index in [-0.39, 0.29) is 39.6 Å². The maximum atomic E-state index is 15.2. The van der Waals surface area contributed by atoms with E-state index in [1.807, 2.05) is 0 Å². The van der Waals surface area contributed by atoms with Crippen molar-refractivity contribution in [1.82, 2.24) is 0 Å². The van der Waals surface area contributed by atoms with Gasteiger partial charge in [0.25, 0.3) is 11.8 Å². The molecule has 4 amide bonds. The van der Waals surface area contributed by atoms with Crippen LogP contribution in [0.15, 0.2) is 54.1 Å². The molecule has 3 aromatic rings. The third-order valence-electron chi connectivity index (χ3n) is 9.84. The van der Waals surface area contributed by atoms with Crippen molar-refractivity contribution >= 4 is 69.8 Å². The fourth-order valence-corrected chi connectivity index (χ4v) is 8.72. The van der Waals surface area contributed by atoms with Gasteiger partial charge in [-0.05, 0) is 60.7 Å². The summed E-state index contributed by atoms with van der Waals surface area (Å²) in [6.07, 6.45) is 0.870. The lowest BCUT2D eigenvalue weighted by atomic mass is 9.56. The normalized spacial score (nSPS) is 29.2. The first-order chi connectivity index (χ1) is 23.1. The first kappa shape index (κ1) is 33.3. The van der Waals surface area contributed by atoms with Crippen LogP contribution in [0.5, 0.6) is 11.5 Å². The molecule has 16 heteroatoms. The van der Waals surface area contributed by atoms with Crippen LogP contribution in [0.3, 0.4) is 0 Å². The molecule has 0 aromatic heterocycles. The summed E-state index contributed by atoms with van der Waals surface area (Å²) in [4.78, 5) is 51.7. The van der Waals surface area contributed by atoms with E-state index in [0.29, 0.717) is 5.02 Å². The van der Waals surface area contributed by atoms with E-state index in [9.17, 15) is 37.5 Å². The van der Waals surface area contributed by atoms with Gasteiger partial charge < -0.3 is 9.84 Å². The third-order valence-corrected chi connectivity index (χ3v) is 11.5. The summed E-state index contributed by atoms with van der Waals surface area (Å²) < 4.78 is 78.4. The van der Waals surface area contributed by atoms with Crippen LogP contribution in [0.25, 0.3) is 0 Å². The van der Waals surface area contributed by atoms with Crippen molar-refractivity contribution < 1.29 is 51.0 Å². The molecule has 254 valence electrons. The van der Waals surface area contributed by atoms with E-state index >= 15 is 8.78 Å². The Kier molecular flexibility index (Phi) is 7.58. The van der Waals surface area contributed by atoms with Crippen LogP contribution in [-0.4, -0.2) is 45.6 Å². The second-order valence-corrected chi connectivity index (χ2v) is 13.8. The number of carbonyl (C=O) groups excluding carboxylic acids is 4. The van der Waals surface area contributed by atoms with Crippen molar-refractivity contribution in [3.05, 3.63) is 93.8 Å². The number of fused-ring (bicyclic) bond motifs is 4. The van der Waals surface area contributed by atoms with Gasteiger partial charge in [0.2, 0.25) is 17.6 Å². The highest BCUT2D eigenvalue weighted by Crippen LogP contribution is 2.66. The van der Waals surface area contributed by atoms with Gasteiger partial charge in [0.05, 0.1) is 24.6 Å². The molecule has 8 nitrogen and oxygen atoms in total. The van der Waals surface area contributed by atoms with Gasteiger partial charge in [-0.15, -0.1) is 23.2 Å². The zero-order valence-electron chi connectivity index (χ0n) is 24.7. The number of nitrogens with zero attached hydrogens (tertiary/aromatic N) is 2. The molecule has 1 N–H and O–H groups in total. The molecule has 0 spiro atoms. The largest absolute Gasteiger partial charge is 0.504 e. The Hall–Kier alpha value is -4.20. The lowest BCUT2D eigenvalue weighted by Gasteiger charge is -2.50. The van der Waals surface area contributed by atoms with Gasteiger partial charge in [0, 0.05) is 10.9 Å². The minimum absolute atomic E-state index is 0.0391. The molecule has 7 rings (SSSR count). The summed E-state index contributed by atoms with van der Waals surface area (Å²) in [6, 6.07) is 9.62. The molecule has 6 atom stereocenters. The molecule has 3 fully saturated rings. The number of hydrogen-bond donors (Lipinski definition) is 1. The first-order valence-corrected chi connectivity index (χ1v) is 15.7. The molecule has 2 aliphatic heterocycles. The van der Waals surface area contributed by atoms with Crippen LogP contribution in [0.4, 0.5) is 33.3 Å². The van der Waals surface area contributed by atoms with E-state index in [0.717, 1.165) is 4.90 Å². The molecule has 2 aliphatic carbocycles. The number of allylic oxidation sites excluding steroid dienone is 2. The van der Waals surface area contributed by atoms with Crippen LogP contribution in [0.2, 0.25) is 5.02 Å². The Morgan fingerprint density at radius 2 is 1.43 bits per heavy atom. The SMILES string of the molecule is COc1cc(C2C3=CCC4C(=O)N(c5ccc(Cl)cc5)C(=O)C4C3CC3(Cl)C(=O)N(c4c(F)c(F)c(F)c(F)c4F)C(=O)C23Cl)ccc1O. The van der Waals surface area contributed by atoms with Gasteiger partial charge >= 0.3 is 0 Å². The number of carbonyl (C=O) groups is 4. The number of anilines is 2. The van der Waals surface area contributed by atoms with Crippen LogP contribution in [0, 0.1) is 46.8 Å². The second kappa shape index (κ2) is 11.2. The maximum absolute atomic E-state index is 15.2. The summed E-state index contributed by atoms with van der Waals surface area (Å²) in [5.41, 5.74) is -1.34. The summed E-state index contributed by atoms with van der Waals surface area (Å²) in [5.74, 6) is -22.0. The van der Waals surface area contributed by atoms with Crippen LogP contribution in [0.1, 0.15) is 24.3 Å². The summed E-state index contributed by atoms with van der Waals surface area (Å²) in [6.45, 7) is 0. The van der Waals surface area contributed by atoms with E-state index in [2.05, 4.69) is 0 Å².